The number of nitrogens with zero attached hydrogens (tertiary/aromatic N) is 1. The van der Waals surface area contributed by atoms with Crippen molar-refractivity contribution in [2.24, 2.45) is 11.8 Å². The van der Waals surface area contributed by atoms with E-state index in [2.05, 4.69) is 24.2 Å². The third kappa shape index (κ3) is 3.25. The number of aliphatic hydroxyl groups excluding tert-OH is 1. The standard InChI is InChI=1S/C15H30N2O/c1-12-8-9-17(15(12)11-18)10-13-6-4-3-5-7-14(13)16-2/h12-16,18H,3-11H2,1-2H3. The first-order valence-electron chi connectivity index (χ1n) is 7.78. The van der Waals surface area contributed by atoms with E-state index >= 15 is 0 Å². The summed E-state index contributed by atoms with van der Waals surface area (Å²) in [5, 5.41) is 13.1. The van der Waals surface area contributed by atoms with Gasteiger partial charge in [0.2, 0.25) is 0 Å². The van der Waals surface area contributed by atoms with Crippen LogP contribution in [-0.4, -0.2) is 48.8 Å². The van der Waals surface area contributed by atoms with E-state index in [9.17, 15) is 5.11 Å². The molecule has 1 saturated carbocycles. The summed E-state index contributed by atoms with van der Waals surface area (Å²) in [5.74, 6) is 1.44. The summed E-state index contributed by atoms with van der Waals surface area (Å²) in [7, 11) is 2.11. The molecule has 1 aliphatic carbocycles. The van der Waals surface area contributed by atoms with Gasteiger partial charge in [-0.3, -0.25) is 4.90 Å². The van der Waals surface area contributed by atoms with Gasteiger partial charge in [-0.15, -0.1) is 0 Å². The molecule has 3 heteroatoms. The summed E-state index contributed by atoms with van der Waals surface area (Å²) < 4.78 is 0. The molecule has 0 spiro atoms. The van der Waals surface area contributed by atoms with Crippen molar-refractivity contribution >= 4 is 0 Å². The fourth-order valence-corrected chi connectivity index (χ4v) is 3.89. The summed E-state index contributed by atoms with van der Waals surface area (Å²) in [4.78, 5) is 2.55. The monoisotopic (exact) mass is 254 g/mol. The molecule has 2 N–H and O–H groups in total. The largest absolute Gasteiger partial charge is 0.395 e. The SMILES string of the molecule is CNC1CCCCCC1CN1CCC(C)C1CO. The van der Waals surface area contributed by atoms with Crippen LogP contribution in [0.3, 0.4) is 0 Å². The van der Waals surface area contributed by atoms with Crippen molar-refractivity contribution in [2.75, 3.05) is 26.7 Å². The lowest BCUT2D eigenvalue weighted by molar-refractivity contribution is 0.114. The minimum Gasteiger partial charge on any atom is -0.395 e. The van der Waals surface area contributed by atoms with Crippen molar-refractivity contribution in [2.45, 2.75) is 57.5 Å². The highest BCUT2D eigenvalue weighted by molar-refractivity contribution is 4.88. The zero-order chi connectivity index (χ0) is 13.0. The second kappa shape index (κ2) is 6.88. The molecule has 0 radical (unpaired) electrons. The Labute approximate surface area is 112 Å². The van der Waals surface area contributed by atoms with Gasteiger partial charge in [0, 0.05) is 18.6 Å². The van der Waals surface area contributed by atoms with Crippen LogP contribution in [0, 0.1) is 11.8 Å². The lowest BCUT2D eigenvalue weighted by Gasteiger charge is -2.32. The van der Waals surface area contributed by atoms with Crippen LogP contribution in [0.15, 0.2) is 0 Å². The van der Waals surface area contributed by atoms with Crippen LogP contribution in [0.1, 0.15) is 45.4 Å². The highest BCUT2D eigenvalue weighted by Gasteiger charge is 2.33. The molecule has 1 aliphatic heterocycles. The van der Waals surface area contributed by atoms with Gasteiger partial charge in [0.15, 0.2) is 0 Å². The molecule has 0 aromatic carbocycles. The average Bonchev–Trinajstić information content (AvgIpc) is 2.60. The van der Waals surface area contributed by atoms with E-state index in [-0.39, 0.29) is 0 Å². The summed E-state index contributed by atoms with van der Waals surface area (Å²) in [6.07, 6.45) is 8.09. The van der Waals surface area contributed by atoms with Gasteiger partial charge in [0.05, 0.1) is 6.61 Å². The van der Waals surface area contributed by atoms with Gasteiger partial charge in [-0.25, -0.2) is 0 Å². The molecule has 3 nitrogen and oxygen atoms in total. The van der Waals surface area contributed by atoms with Gasteiger partial charge < -0.3 is 10.4 Å². The van der Waals surface area contributed by atoms with Crippen molar-refractivity contribution in [1.82, 2.24) is 10.2 Å². The smallest absolute Gasteiger partial charge is 0.0589 e. The molecular weight excluding hydrogens is 224 g/mol. The molecule has 2 fully saturated rings. The molecule has 0 aromatic heterocycles. The molecule has 0 aromatic rings. The maximum absolute atomic E-state index is 9.56. The second-order valence-corrected chi connectivity index (χ2v) is 6.30. The first-order chi connectivity index (χ1) is 8.76. The Morgan fingerprint density at radius 1 is 1.17 bits per heavy atom. The van der Waals surface area contributed by atoms with Crippen LogP contribution >= 0.6 is 0 Å². The fraction of sp³-hybridized carbons (Fsp3) is 1.00. The molecular formula is C15H30N2O. The number of aliphatic hydroxyl groups is 1. The van der Waals surface area contributed by atoms with Gasteiger partial charge in [0.25, 0.3) is 0 Å². The van der Waals surface area contributed by atoms with Gasteiger partial charge in [-0.2, -0.15) is 0 Å². The van der Waals surface area contributed by atoms with Crippen molar-refractivity contribution in [3.05, 3.63) is 0 Å². The normalized spacial score (nSPS) is 38.8. The van der Waals surface area contributed by atoms with Crippen LogP contribution in [-0.2, 0) is 0 Å². The molecule has 2 aliphatic rings. The van der Waals surface area contributed by atoms with Crippen LogP contribution in [0.4, 0.5) is 0 Å². The first-order valence-corrected chi connectivity index (χ1v) is 7.78. The summed E-state index contributed by atoms with van der Waals surface area (Å²) in [6, 6.07) is 1.09. The molecule has 18 heavy (non-hydrogen) atoms. The Balaban J connectivity index is 1.93. The third-order valence-corrected chi connectivity index (χ3v) is 5.18. The molecule has 4 unspecified atom stereocenters. The average molecular weight is 254 g/mol. The van der Waals surface area contributed by atoms with Crippen molar-refractivity contribution in [3.63, 3.8) is 0 Å². The van der Waals surface area contributed by atoms with Gasteiger partial charge in [0.1, 0.15) is 0 Å². The quantitative estimate of drug-likeness (QED) is 0.752. The molecule has 0 amide bonds. The molecule has 0 bridgehead atoms. The molecule has 4 atom stereocenters. The van der Waals surface area contributed by atoms with Crippen molar-refractivity contribution in [3.8, 4) is 0 Å². The van der Waals surface area contributed by atoms with Crippen LogP contribution in [0.25, 0.3) is 0 Å². The number of rotatable bonds is 4. The Bertz CT molecular complexity index is 247. The van der Waals surface area contributed by atoms with E-state index in [1.54, 1.807) is 0 Å². The lowest BCUT2D eigenvalue weighted by Crippen LogP contribution is -2.44. The summed E-state index contributed by atoms with van der Waals surface area (Å²) in [6.45, 7) is 4.97. The van der Waals surface area contributed by atoms with Crippen LogP contribution in [0.5, 0.6) is 0 Å². The number of nitrogens with one attached hydrogen (secondary N) is 1. The minimum absolute atomic E-state index is 0.331. The van der Waals surface area contributed by atoms with E-state index < -0.39 is 0 Å². The number of hydrogen-bond donors (Lipinski definition) is 2. The topological polar surface area (TPSA) is 35.5 Å². The Morgan fingerprint density at radius 3 is 2.67 bits per heavy atom. The number of likely N-dealkylation sites (tertiary alicyclic amines) is 1. The van der Waals surface area contributed by atoms with Crippen LogP contribution in [0.2, 0.25) is 0 Å². The van der Waals surface area contributed by atoms with Crippen molar-refractivity contribution < 1.29 is 5.11 Å². The van der Waals surface area contributed by atoms with Gasteiger partial charge in [-0.1, -0.05) is 26.2 Å². The second-order valence-electron chi connectivity index (χ2n) is 6.30. The predicted molar refractivity (Wildman–Crippen MR) is 75.7 cm³/mol. The van der Waals surface area contributed by atoms with E-state index in [0.717, 1.165) is 5.92 Å². The molecule has 106 valence electrons. The fourth-order valence-electron chi connectivity index (χ4n) is 3.89. The predicted octanol–water partition coefficient (Wildman–Crippen LogP) is 1.86. The van der Waals surface area contributed by atoms with E-state index in [1.165, 1.54) is 51.6 Å². The van der Waals surface area contributed by atoms with Crippen LogP contribution < -0.4 is 5.32 Å². The van der Waals surface area contributed by atoms with Gasteiger partial charge >= 0.3 is 0 Å². The lowest BCUT2D eigenvalue weighted by atomic mass is 9.93. The number of hydrogen-bond acceptors (Lipinski definition) is 3. The molecule has 1 saturated heterocycles. The Hall–Kier alpha value is -0.120. The first kappa shape index (κ1) is 14.3. The third-order valence-electron chi connectivity index (χ3n) is 5.18. The van der Waals surface area contributed by atoms with Gasteiger partial charge in [-0.05, 0) is 44.7 Å². The Kier molecular flexibility index (Phi) is 5.46. The highest BCUT2D eigenvalue weighted by atomic mass is 16.3. The van der Waals surface area contributed by atoms with E-state index in [1.807, 2.05) is 0 Å². The Morgan fingerprint density at radius 2 is 1.94 bits per heavy atom. The van der Waals surface area contributed by atoms with E-state index in [4.69, 9.17) is 0 Å². The summed E-state index contributed by atoms with van der Waals surface area (Å²) in [5.41, 5.74) is 0. The minimum atomic E-state index is 0.331. The van der Waals surface area contributed by atoms with Crippen molar-refractivity contribution in [1.29, 1.82) is 0 Å². The van der Waals surface area contributed by atoms with E-state index in [0.29, 0.717) is 24.6 Å². The zero-order valence-corrected chi connectivity index (χ0v) is 12.1. The molecule has 1 heterocycles. The summed E-state index contributed by atoms with van der Waals surface area (Å²) >= 11 is 0. The highest BCUT2D eigenvalue weighted by Crippen LogP contribution is 2.29. The molecule has 2 rings (SSSR count). The maximum Gasteiger partial charge on any atom is 0.0589 e. The maximum atomic E-state index is 9.56. The zero-order valence-electron chi connectivity index (χ0n) is 12.1.